The maximum atomic E-state index is 12.0. The summed E-state index contributed by atoms with van der Waals surface area (Å²) in [7, 11) is -3.55. The van der Waals surface area contributed by atoms with E-state index in [0.717, 1.165) is 17.0 Å². The Morgan fingerprint density at radius 2 is 2.00 bits per heavy atom. The van der Waals surface area contributed by atoms with E-state index >= 15 is 0 Å². The van der Waals surface area contributed by atoms with Gasteiger partial charge in [0.1, 0.15) is 10.3 Å². The largest absolute Gasteiger partial charge is 0.443 e. The van der Waals surface area contributed by atoms with E-state index in [-0.39, 0.29) is 10.8 Å². The van der Waals surface area contributed by atoms with Crippen LogP contribution in [-0.4, -0.2) is 33.7 Å². The molecule has 22 heavy (non-hydrogen) atoms. The Morgan fingerprint density at radius 1 is 1.23 bits per heavy atom. The minimum atomic E-state index is -3.55. The van der Waals surface area contributed by atoms with Crippen LogP contribution in [0.1, 0.15) is 0 Å². The molecule has 1 saturated heterocycles. The van der Waals surface area contributed by atoms with E-state index in [1.54, 1.807) is 23.6 Å². The molecule has 1 unspecified atom stereocenters. The molecule has 1 aliphatic heterocycles. The molecular formula is C14H14N2O4S2. The fraction of sp³-hybridized carbons (Fsp3) is 0.214. The van der Waals surface area contributed by atoms with Gasteiger partial charge in [0, 0.05) is 12.2 Å². The number of nitrogens with one attached hydrogen (secondary N) is 1. The lowest BCUT2D eigenvalue weighted by molar-refractivity contribution is 0.143. The second kappa shape index (κ2) is 6.07. The van der Waals surface area contributed by atoms with Gasteiger partial charge in [-0.1, -0.05) is 24.3 Å². The molecule has 0 radical (unpaired) electrons. The summed E-state index contributed by atoms with van der Waals surface area (Å²) >= 11 is 1.14. The van der Waals surface area contributed by atoms with Gasteiger partial charge in [0.05, 0.1) is 6.54 Å². The molecule has 1 N–H and O–H groups in total. The number of rotatable bonds is 5. The van der Waals surface area contributed by atoms with Gasteiger partial charge in [-0.25, -0.2) is 17.9 Å². The van der Waals surface area contributed by atoms with Gasteiger partial charge in [-0.3, -0.25) is 4.90 Å². The standard InChI is InChI=1S/C14H14N2O4S2/c17-14-16(11-5-2-1-3-6-11)10-12(20-14)9-15-22(18,19)13-7-4-8-21-13/h1-8,12,15H,9-10H2. The van der Waals surface area contributed by atoms with Crippen LogP contribution >= 0.6 is 11.3 Å². The second-order valence-electron chi connectivity index (χ2n) is 4.74. The van der Waals surface area contributed by atoms with Gasteiger partial charge in [0.2, 0.25) is 10.0 Å². The molecule has 0 spiro atoms. The van der Waals surface area contributed by atoms with Gasteiger partial charge in [-0.2, -0.15) is 0 Å². The van der Waals surface area contributed by atoms with Crippen LogP contribution in [0.5, 0.6) is 0 Å². The average molecular weight is 338 g/mol. The van der Waals surface area contributed by atoms with Crippen molar-refractivity contribution in [2.45, 2.75) is 10.3 Å². The monoisotopic (exact) mass is 338 g/mol. The topological polar surface area (TPSA) is 75.7 Å². The van der Waals surface area contributed by atoms with E-state index in [4.69, 9.17) is 4.74 Å². The Kier molecular flexibility index (Phi) is 4.14. The molecule has 2 heterocycles. The number of cyclic esters (lactones) is 1. The van der Waals surface area contributed by atoms with E-state index < -0.39 is 22.2 Å². The van der Waals surface area contributed by atoms with Gasteiger partial charge in [0.25, 0.3) is 0 Å². The van der Waals surface area contributed by atoms with Crippen molar-refractivity contribution in [3.05, 3.63) is 47.8 Å². The van der Waals surface area contributed by atoms with E-state index in [1.165, 1.54) is 11.0 Å². The molecule has 1 aliphatic rings. The number of ether oxygens (including phenoxy) is 1. The maximum Gasteiger partial charge on any atom is 0.414 e. The number of thiophene rings is 1. The van der Waals surface area contributed by atoms with E-state index in [2.05, 4.69) is 4.72 Å². The van der Waals surface area contributed by atoms with Crippen molar-refractivity contribution < 1.29 is 17.9 Å². The predicted molar refractivity (Wildman–Crippen MR) is 83.6 cm³/mol. The molecule has 1 fully saturated rings. The Hall–Kier alpha value is -1.90. The number of benzene rings is 1. The third kappa shape index (κ3) is 3.13. The minimum absolute atomic E-state index is 0.0509. The fourth-order valence-electron chi connectivity index (χ4n) is 2.14. The zero-order valence-corrected chi connectivity index (χ0v) is 13.1. The lowest BCUT2D eigenvalue weighted by Gasteiger charge is -2.12. The van der Waals surface area contributed by atoms with E-state index in [0.29, 0.717) is 6.54 Å². The molecule has 1 amide bonds. The summed E-state index contributed by atoms with van der Waals surface area (Å²) in [6.07, 6.45) is -0.978. The van der Waals surface area contributed by atoms with Crippen molar-refractivity contribution in [1.82, 2.24) is 4.72 Å². The summed E-state index contributed by atoms with van der Waals surface area (Å²) in [6, 6.07) is 12.3. The van der Waals surface area contributed by atoms with Crippen LogP contribution in [0, 0.1) is 0 Å². The fourth-order valence-corrected chi connectivity index (χ4v) is 4.24. The number of hydrogen-bond acceptors (Lipinski definition) is 5. The number of carbonyl (C=O) groups is 1. The summed E-state index contributed by atoms with van der Waals surface area (Å²) in [6.45, 7) is 0.366. The molecule has 1 aromatic heterocycles. The predicted octanol–water partition coefficient (Wildman–Crippen LogP) is 2.05. The quantitative estimate of drug-likeness (QED) is 0.905. The smallest absolute Gasteiger partial charge is 0.414 e. The molecule has 6 nitrogen and oxygen atoms in total. The SMILES string of the molecule is O=C1OC(CNS(=O)(=O)c2cccs2)CN1c1ccccc1. The van der Waals surface area contributed by atoms with Crippen LogP contribution in [0.25, 0.3) is 0 Å². The van der Waals surface area contributed by atoms with Crippen LogP contribution < -0.4 is 9.62 Å². The number of carbonyl (C=O) groups excluding carboxylic acids is 1. The third-order valence-corrected chi connectivity index (χ3v) is 6.02. The molecule has 2 aromatic rings. The lowest BCUT2D eigenvalue weighted by atomic mass is 10.3. The van der Waals surface area contributed by atoms with Crippen molar-refractivity contribution in [3.8, 4) is 0 Å². The molecular weight excluding hydrogens is 324 g/mol. The average Bonchev–Trinajstić information content (AvgIpc) is 3.16. The van der Waals surface area contributed by atoms with Gasteiger partial charge in [-0.15, -0.1) is 11.3 Å². The highest BCUT2D eigenvalue weighted by Crippen LogP contribution is 2.21. The lowest BCUT2D eigenvalue weighted by Crippen LogP contribution is -2.34. The van der Waals surface area contributed by atoms with Crippen molar-refractivity contribution in [3.63, 3.8) is 0 Å². The summed E-state index contributed by atoms with van der Waals surface area (Å²) in [5.74, 6) is 0. The molecule has 0 bridgehead atoms. The Labute approximate surface area is 132 Å². The van der Waals surface area contributed by atoms with Gasteiger partial charge in [0.15, 0.2) is 0 Å². The molecule has 8 heteroatoms. The third-order valence-electron chi connectivity index (χ3n) is 3.20. The molecule has 116 valence electrons. The van der Waals surface area contributed by atoms with Crippen LogP contribution in [0.15, 0.2) is 52.1 Å². The van der Waals surface area contributed by atoms with Crippen LogP contribution in [0.3, 0.4) is 0 Å². The summed E-state index contributed by atoms with van der Waals surface area (Å²) in [5.41, 5.74) is 0.733. The first kappa shape index (κ1) is 15.0. The van der Waals surface area contributed by atoms with E-state index in [1.807, 2.05) is 18.2 Å². The highest BCUT2D eigenvalue weighted by Gasteiger charge is 2.33. The van der Waals surface area contributed by atoms with E-state index in [9.17, 15) is 13.2 Å². The second-order valence-corrected chi connectivity index (χ2v) is 7.68. The number of anilines is 1. The first-order valence-corrected chi connectivity index (χ1v) is 8.99. The highest BCUT2D eigenvalue weighted by atomic mass is 32.2. The Morgan fingerprint density at radius 3 is 2.68 bits per heavy atom. The number of hydrogen-bond donors (Lipinski definition) is 1. The Bertz CT molecular complexity index is 744. The number of sulfonamides is 1. The molecule has 1 atom stereocenters. The molecule has 1 aromatic carbocycles. The zero-order valence-electron chi connectivity index (χ0n) is 11.5. The number of amides is 1. The zero-order chi connectivity index (χ0) is 15.6. The molecule has 3 rings (SSSR count). The van der Waals surface area contributed by atoms with Gasteiger partial charge in [-0.05, 0) is 23.6 Å². The van der Waals surface area contributed by atoms with Crippen molar-refractivity contribution in [2.75, 3.05) is 18.0 Å². The van der Waals surface area contributed by atoms with Gasteiger partial charge >= 0.3 is 6.09 Å². The van der Waals surface area contributed by atoms with Crippen molar-refractivity contribution in [1.29, 1.82) is 0 Å². The number of nitrogens with zero attached hydrogens (tertiary/aromatic N) is 1. The van der Waals surface area contributed by atoms with Crippen LogP contribution in [-0.2, 0) is 14.8 Å². The summed E-state index contributed by atoms with van der Waals surface area (Å²) in [4.78, 5) is 13.4. The molecule has 0 saturated carbocycles. The maximum absolute atomic E-state index is 12.0. The van der Waals surface area contributed by atoms with Crippen molar-refractivity contribution in [2.24, 2.45) is 0 Å². The Balaban J connectivity index is 1.63. The normalized spacial score (nSPS) is 18.5. The minimum Gasteiger partial charge on any atom is -0.443 e. The van der Waals surface area contributed by atoms with Crippen LogP contribution in [0.4, 0.5) is 10.5 Å². The van der Waals surface area contributed by atoms with Crippen molar-refractivity contribution >= 4 is 33.1 Å². The first-order valence-electron chi connectivity index (χ1n) is 6.62. The van der Waals surface area contributed by atoms with Crippen LogP contribution in [0.2, 0.25) is 0 Å². The summed E-state index contributed by atoms with van der Waals surface area (Å²) < 4.78 is 32.0. The molecule has 0 aliphatic carbocycles. The highest BCUT2D eigenvalue weighted by molar-refractivity contribution is 7.91. The first-order chi connectivity index (χ1) is 10.6. The summed E-state index contributed by atoms with van der Waals surface area (Å²) in [5, 5.41) is 1.70. The number of para-hydroxylation sites is 1. The van der Waals surface area contributed by atoms with Gasteiger partial charge < -0.3 is 4.74 Å².